The fourth-order valence-corrected chi connectivity index (χ4v) is 5.91. The molecule has 1 N–H and O–H groups in total. The number of benzene rings is 2. The highest BCUT2D eigenvalue weighted by Gasteiger charge is 2.30. The quantitative estimate of drug-likeness (QED) is 0.394. The van der Waals surface area contributed by atoms with E-state index in [0.717, 1.165) is 15.6 Å². The van der Waals surface area contributed by atoms with Gasteiger partial charge in [-0.1, -0.05) is 17.7 Å². The lowest BCUT2D eigenvalue weighted by atomic mass is 10.2. The summed E-state index contributed by atoms with van der Waals surface area (Å²) >= 11 is 6.95. The Morgan fingerprint density at radius 1 is 1.06 bits per heavy atom. The van der Waals surface area contributed by atoms with Gasteiger partial charge in [0.2, 0.25) is 0 Å². The number of sulfonamides is 1. The topological polar surface area (TPSA) is 102 Å². The lowest BCUT2D eigenvalue weighted by molar-refractivity contribution is 0.0526. The minimum absolute atomic E-state index is 0.0793. The zero-order chi connectivity index (χ0) is 24.9. The standard InChI is InChI=1S/C23H23ClN2O6S2/c1-4-31-18-11-9-17(10-12-18)26(3)34(29,30)19-14-20(24)33-21(19)22(27)25-16-8-6-7-15(13-16)23(28)32-5-2/h6-14H,4-5H2,1-3H3,(H,25,27). The van der Waals surface area contributed by atoms with E-state index in [1.54, 1.807) is 49.4 Å². The van der Waals surface area contributed by atoms with Crippen LogP contribution in [0.4, 0.5) is 11.4 Å². The average Bonchev–Trinajstić information content (AvgIpc) is 3.22. The summed E-state index contributed by atoms with van der Waals surface area (Å²) in [6, 6.07) is 14.0. The van der Waals surface area contributed by atoms with Crippen molar-refractivity contribution in [1.82, 2.24) is 0 Å². The van der Waals surface area contributed by atoms with Crippen molar-refractivity contribution < 1.29 is 27.5 Å². The van der Waals surface area contributed by atoms with E-state index >= 15 is 0 Å². The molecule has 1 aromatic heterocycles. The van der Waals surface area contributed by atoms with Gasteiger partial charge in [0, 0.05) is 12.7 Å². The van der Waals surface area contributed by atoms with Crippen molar-refractivity contribution in [3.05, 3.63) is 69.4 Å². The zero-order valence-electron chi connectivity index (χ0n) is 18.7. The van der Waals surface area contributed by atoms with Crippen molar-refractivity contribution in [2.75, 3.05) is 29.9 Å². The smallest absolute Gasteiger partial charge is 0.338 e. The highest BCUT2D eigenvalue weighted by atomic mass is 35.5. The summed E-state index contributed by atoms with van der Waals surface area (Å²) in [7, 11) is -2.72. The highest BCUT2D eigenvalue weighted by Crippen LogP contribution is 2.34. The number of nitrogens with zero attached hydrogens (tertiary/aromatic N) is 1. The summed E-state index contributed by atoms with van der Waals surface area (Å²) in [4.78, 5) is 24.7. The van der Waals surface area contributed by atoms with Gasteiger partial charge in [-0.25, -0.2) is 13.2 Å². The third kappa shape index (κ3) is 5.69. The van der Waals surface area contributed by atoms with E-state index in [1.807, 2.05) is 6.92 Å². The van der Waals surface area contributed by atoms with E-state index in [2.05, 4.69) is 5.32 Å². The molecule has 0 aliphatic carbocycles. The van der Waals surface area contributed by atoms with Gasteiger partial charge in [-0.2, -0.15) is 0 Å². The molecule has 2 aromatic carbocycles. The summed E-state index contributed by atoms with van der Waals surface area (Å²) < 4.78 is 38.3. The predicted molar refractivity (Wildman–Crippen MR) is 133 cm³/mol. The number of anilines is 2. The molecule has 0 bridgehead atoms. The van der Waals surface area contributed by atoms with Crippen molar-refractivity contribution in [1.29, 1.82) is 0 Å². The second kappa shape index (κ2) is 10.9. The molecule has 1 amide bonds. The molecule has 3 aromatic rings. The molecule has 0 spiro atoms. The van der Waals surface area contributed by atoms with Gasteiger partial charge in [-0.15, -0.1) is 11.3 Å². The van der Waals surface area contributed by atoms with Gasteiger partial charge in [0.15, 0.2) is 0 Å². The Kier molecular flexibility index (Phi) is 8.19. The van der Waals surface area contributed by atoms with Crippen molar-refractivity contribution >= 4 is 56.2 Å². The molecule has 180 valence electrons. The lowest BCUT2D eigenvalue weighted by Crippen LogP contribution is -2.28. The summed E-state index contributed by atoms with van der Waals surface area (Å²) in [6.45, 7) is 4.25. The van der Waals surface area contributed by atoms with Crippen LogP contribution in [0.25, 0.3) is 0 Å². The first-order valence-corrected chi connectivity index (χ1v) is 12.9. The van der Waals surface area contributed by atoms with Crippen LogP contribution in [0.5, 0.6) is 5.75 Å². The van der Waals surface area contributed by atoms with Crippen LogP contribution in [-0.4, -0.2) is 40.6 Å². The monoisotopic (exact) mass is 522 g/mol. The van der Waals surface area contributed by atoms with Gasteiger partial charge in [0.25, 0.3) is 15.9 Å². The number of carbonyl (C=O) groups excluding carboxylic acids is 2. The molecule has 11 heteroatoms. The number of thiophene rings is 1. The van der Waals surface area contributed by atoms with Crippen LogP contribution in [-0.2, 0) is 14.8 Å². The van der Waals surface area contributed by atoms with Gasteiger partial charge in [-0.05, 0) is 62.4 Å². The number of carbonyl (C=O) groups is 2. The molecule has 1 heterocycles. The molecular weight excluding hydrogens is 500 g/mol. The number of rotatable bonds is 9. The molecule has 0 fully saturated rings. The Morgan fingerprint density at radius 3 is 2.41 bits per heavy atom. The maximum atomic E-state index is 13.4. The third-order valence-electron chi connectivity index (χ3n) is 4.66. The van der Waals surface area contributed by atoms with E-state index in [9.17, 15) is 18.0 Å². The third-order valence-corrected chi connectivity index (χ3v) is 7.86. The van der Waals surface area contributed by atoms with E-state index in [1.165, 1.54) is 19.2 Å². The molecule has 0 saturated carbocycles. The second-order valence-electron chi connectivity index (χ2n) is 6.90. The van der Waals surface area contributed by atoms with Crippen LogP contribution < -0.4 is 14.4 Å². The Labute approximate surface area is 207 Å². The van der Waals surface area contributed by atoms with Crippen LogP contribution in [0.3, 0.4) is 0 Å². The molecule has 0 aliphatic heterocycles. The van der Waals surface area contributed by atoms with Crippen LogP contribution in [0.1, 0.15) is 33.9 Å². The van der Waals surface area contributed by atoms with Gasteiger partial charge < -0.3 is 14.8 Å². The number of nitrogens with one attached hydrogen (secondary N) is 1. The molecular formula is C23H23ClN2O6S2. The van der Waals surface area contributed by atoms with Crippen LogP contribution in [0.2, 0.25) is 4.34 Å². The molecule has 0 aliphatic rings. The van der Waals surface area contributed by atoms with Crippen LogP contribution in [0, 0.1) is 0 Å². The zero-order valence-corrected chi connectivity index (χ0v) is 21.1. The molecule has 8 nitrogen and oxygen atoms in total. The van der Waals surface area contributed by atoms with Gasteiger partial charge in [0.1, 0.15) is 15.5 Å². The van der Waals surface area contributed by atoms with Crippen molar-refractivity contribution in [3.63, 3.8) is 0 Å². The van der Waals surface area contributed by atoms with E-state index in [0.29, 0.717) is 23.7 Å². The van der Waals surface area contributed by atoms with E-state index in [-0.39, 0.29) is 26.3 Å². The Morgan fingerprint density at radius 2 is 1.76 bits per heavy atom. The summed E-state index contributed by atoms with van der Waals surface area (Å²) in [5.41, 5.74) is 0.953. The molecule has 0 radical (unpaired) electrons. The second-order valence-corrected chi connectivity index (χ2v) is 10.5. The number of esters is 1. The lowest BCUT2D eigenvalue weighted by Gasteiger charge is -2.20. The Bertz CT molecular complexity index is 1290. The summed E-state index contributed by atoms with van der Waals surface area (Å²) in [5, 5.41) is 2.63. The van der Waals surface area contributed by atoms with E-state index < -0.39 is 21.9 Å². The highest BCUT2D eigenvalue weighted by molar-refractivity contribution is 7.93. The number of halogens is 1. The Balaban J connectivity index is 1.88. The molecule has 34 heavy (non-hydrogen) atoms. The first kappa shape index (κ1) is 25.5. The molecule has 0 atom stereocenters. The summed E-state index contributed by atoms with van der Waals surface area (Å²) in [6.07, 6.45) is 0. The normalized spacial score (nSPS) is 11.1. The fraction of sp³-hybridized carbons (Fsp3) is 0.217. The number of hydrogen-bond acceptors (Lipinski definition) is 7. The molecule has 0 saturated heterocycles. The number of hydrogen-bond donors (Lipinski definition) is 1. The minimum atomic E-state index is -4.11. The maximum absolute atomic E-state index is 13.4. The Hall–Kier alpha value is -3.08. The van der Waals surface area contributed by atoms with Gasteiger partial charge in [0.05, 0.1) is 28.8 Å². The van der Waals surface area contributed by atoms with Crippen molar-refractivity contribution in [2.45, 2.75) is 18.7 Å². The average molecular weight is 523 g/mol. The predicted octanol–water partition coefficient (Wildman–Crippen LogP) is 5.05. The maximum Gasteiger partial charge on any atom is 0.338 e. The fourth-order valence-electron chi connectivity index (χ4n) is 3.03. The van der Waals surface area contributed by atoms with Crippen molar-refractivity contribution in [3.8, 4) is 5.75 Å². The van der Waals surface area contributed by atoms with Crippen LogP contribution in [0.15, 0.2) is 59.5 Å². The molecule has 3 rings (SSSR count). The SMILES string of the molecule is CCOC(=O)c1cccc(NC(=O)c2sc(Cl)cc2S(=O)(=O)N(C)c2ccc(OCC)cc2)c1. The molecule has 0 unspecified atom stereocenters. The van der Waals surface area contributed by atoms with Gasteiger partial charge in [-0.3, -0.25) is 9.10 Å². The minimum Gasteiger partial charge on any atom is -0.494 e. The largest absolute Gasteiger partial charge is 0.494 e. The number of amides is 1. The first-order valence-electron chi connectivity index (χ1n) is 10.3. The summed E-state index contributed by atoms with van der Waals surface area (Å²) in [5.74, 6) is -0.588. The van der Waals surface area contributed by atoms with Crippen molar-refractivity contribution in [2.24, 2.45) is 0 Å². The van der Waals surface area contributed by atoms with Gasteiger partial charge >= 0.3 is 5.97 Å². The number of ether oxygens (including phenoxy) is 2. The van der Waals surface area contributed by atoms with Crippen LogP contribution >= 0.6 is 22.9 Å². The van der Waals surface area contributed by atoms with E-state index in [4.69, 9.17) is 21.1 Å². The first-order chi connectivity index (χ1) is 16.2.